The van der Waals surface area contributed by atoms with Gasteiger partial charge in [0.2, 0.25) is 10.0 Å². The Morgan fingerprint density at radius 3 is 2.47 bits per heavy atom. The topological polar surface area (TPSA) is 49.4 Å². The summed E-state index contributed by atoms with van der Waals surface area (Å²) in [5.74, 6) is 0. The molecule has 1 aromatic heterocycles. The second kappa shape index (κ2) is 6.87. The normalized spacial score (nSPS) is 17.5. The summed E-state index contributed by atoms with van der Waals surface area (Å²) in [7, 11) is -1.67. The highest BCUT2D eigenvalue weighted by molar-refractivity contribution is 9.11. The Morgan fingerprint density at radius 1 is 1.42 bits per heavy atom. The molecule has 0 radical (unpaired) electrons. The Labute approximate surface area is 133 Å². The summed E-state index contributed by atoms with van der Waals surface area (Å²) in [5.41, 5.74) is 0. The molecule has 1 aromatic rings. The second-order valence-electron chi connectivity index (χ2n) is 4.47. The van der Waals surface area contributed by atoms with Crippen molar-refractivity contribution in [2.45, 2.75) is 30.7 Å². The minimum Gasteiger partial charge on any atom is -0.317 e. The van der Waals surface area contributed by atoms with Crippen molar-refractivity contribution in [3.63, 3.8) is 0 Å². The van der Waals surface area contributed by atoms with Crippen molar-refractivity contribution in [1.29, 1.82) is 0 Å². The molecule has 1 saturated heterocycles. The highest BCUT2D eigenvalue weighted by atomic mass is 79.9. The smallest absolute Gasteiger partial charge is 0.244 e. The molecule has 0 aliphatic carbocycles. The van der Waals surface area contributed by atoms with E-state index in [-0.39, 0.29) is 18.4 Å². The van der Waals surface area contributed by atoms with Crippen molar-refractivity contribution in [1.82, 2.24) is 9.62 Å². The van der Waals surface area contributed by atoms with Gasteiger partial charge in [-0.15, -0.1) is 23.7 Å². The van der Waals surface area contributed by atoms with Crippen molar-refractivity contribution >= 4 is 49.7 Å². The zero-order valence-corrected chi connectivity index (χ0v) is 14.9. The highest BCUT2D eigenvalue weighted by Crippen LogP contribution is 2.32. The van der Waals surface area contributed by atoms with Gasteiger partial charge in [-0.1, -0.05) is 0 Å². The van der Waals surface area contributed by atoms with Gasteiger partial charge in [0.1, 0.15) is 0 Å². The molecule has 19 heavy (non-hydrogen) atoms. The Kier molecular flexibility index (Phi) is 6.28. The van der Waals surface area contributed by atoms with Crippen molar-refractivity contribution in [2.24, 2.45) is 0 Å². The summed E-state index contributed by atoms with van der Waals surface area (Å²) in [4.78, 5) is 1.27. The quantitative estimate of drug-likeness (QED) is 0.864. The van der Waals surface area contributed by atoms with Gasteiger partial charge < -0.3 is 5.32 Å². The van der Waals surface area contributed by atoms with Gasteiger partial charge in [0, 0.05) is 18.0 Å². The third-order valence-electron chi connectivity index (χ3n) is 3.32. The number of hydrogen-bond donors (Lipinski definition) is 1. The van der Waals surface area contributed by atoms with E-state index in [1.165, 1.54) is 15.6 Å². The molecule has 1 fully saturated rings. The van der Waals surface area contributed by atoms with Crippen LogP contribution in [0.4, 0.5) is 0 Å². The molecule has 0 atom stereocenters. The minimum atomic E-state index is -3.36. The third-order valence-corrected chi connectivity index (χ3v) is 7.04. The number of sulfonamides is 1. The van der Waals surface area contributed by atoms with Crippen LogP contribution in [-0.4, -0.2) is 38.9 Å². The largest absolute Gasteiger partial charge is 0.317 e. The van der Waals surface area contributed by atoms with Crippen molar-refractivity contribution in [3.8, 4) is 0 Å². The summed E-state index contributed by atoms with van der Waals surface area (Å²) in [6, 6.07) is 1.81. The molecule has 1 aliphatic heterocycles. The van der Waals surface area contributed by atoms with E-state index in [2.05, 4.69) is 21.2 Å². The summed E-state index contributed by atoms with van der Waals surface area (Å²) >= 11 is 4.80. The monoisotopic (exact) mass is 388 g/mol. The lowest BCUT2D eigenvalue weighted by Crippen LogP contribution is -2.43. The van der Waals surface area contributed by atoms with Gasteiger partial charge in [-0.25, -0.2) is 8.42 Å². The Hall–Kier alpha value is 0.340. The molecule has 4 nitrogen and oxygen atoms in total. The van der Waals surface area contributed by atoms with Crippen molar-refractivity contribution in [3.05, 3.63) is 14.7 Å². The van der Waals surface area contributed by atoms with Crippen LogP contribution in [0.1, 0.15) is 17.7 Å². The molecule has 2 heterocycles. The van der Waals surface area contributed by atoms with Crippen LogP contribution < -0.4 is 5.32 Å². The fourth-order valence-electron chi connectivity index (χ4n) is 2.21. The van der Waals surface area contributed by atoms with Gasteiger partial charge in [-0.05, 0) is 54.9 Å². The molecule has 0 spiro atoms. The summed E-state index contributed by atoms with van der Waals surface area (Å²) < 4.78 is 27.5. The average Bonchev–Trinajstić information content (AvgIpc) is 2.69. The molecule has 8 heteroatoms. The summed E-state index contributed by atoms with van der Waals surface area (Å²) in [6.07, 6.45) is 1.75. The van der Waals surface area contributed by atoms with Gasteiger partial charge >= 0.3 is 0 Å². The fraction of sp³-hybridized carbons (Fsp3) is 0.636. The van der Waals surface area contributed by atoms with Gasteiger partial charge in [0.25, 0.3) is 0 Å². The van der Waals surface area contributed by atoms with Crippen LogP contribution in [0.25, 0.3) is 0 Å². The third kappa shape index (κ3) is 3.71. The first-order valence-corrected chi connectivity index (χ1v) is 8.92. The maximum absolute atomic E-state index is 12.6. The van der Waals surface area contributed by atoms with E-state index < -0.39 is 10.0 Å². The number of rotatable bonds is 3. The zero-order chi connectivity index (χ0) is 13.3. The standard InChI is InChI=1S/C11H17BrN2O2S2.ClH/c1-8-10(7-11(12)17-8)18(15,16)14(2)9-3-5-13-6-4-9;/h7,9,13H,3-6H2,1-2H3;1H. The lowest BCUT2D eigenvalue weighted by Gasteiger charge is -2.30. The summed E-state index contributed by atoms with van der Waals surface area (Å²) in [6.45, 7) is 3.62. The first-order chi connectivity index (χ1) is 8.43. The van der Waals surface area contributed by atoms with E-state index in [1.807, 2.05) is 6.92 Å². The van der Waals surface area contributed by atoms with E-state index >= 15 is 0 Å². The second-order valence-corrected chi connectivity index (χ2v) is 9.07. The summed E-state index contributed by atoms with van der Waals surface area (Å²) in [5, 5.41) is 3.25. The molecular weight excluding hydrogens is 372 g/mol. The van der Waals surface area contributed by atoms with E-state index in [4.69, 9.17) is 0 Å². The van der Waals surface area contributed by atoms with Gasteiger partial charge in [0.15, 0.2) is 0 Å². The SMILES string of the molecule is Cc1sc(Br)cc1S(=O)(=O)N(C)C1CCNCC1.Cl. The lowest BCUT2D eigenvalue weighted by atomic mass is 10.1. The van der Waals surface area contributed by atoms with E-state index in [9.17, 15) is 8.42 Å². The molecule has 1 N–H and O–H groups in total. The van der Waals surface area contributed by atoms with Gasteiger partial charge in [-0.2, -0.15) is 4.31 Å². The average molecular weight is 390 g/mol. The molecule has 1 aliphatic rings. The Bertz CT molecular complexity index is 527. The molecule has 0 amide bonds. The Morgan fingerprint density at radius 2 is 2.00 bits per heavy atom. The molecule has 0 aromatic carbocycles. The predicted molar refractivity (Wildman–Crippen MR) is 84.8 cm³/mol. The number of piperidine rings is 1. The maximum Gasteiger partial charge on any atom is 0.244 e. The van der Waals surface area contributed by atoms with Crippen LogP contribution >= 0.6 is 39.7 Å². The van der Waals surface area contributed by atoms with Crippen molar-refractivity contribution in [2.75, 3.05) is 20.1 Å². The minimum absolute atomic E-state index is 0. The van der Waals surface area contributed by atoms with Crippen LogP contribution in [0.15, 0.2) is 14.7 Å². The molecule has 0 saturated carbocycles. The lowest BCUT2D eigenvalue weighted by molar-refractivity contribution is 0.296. The molecule has 2 rings (SSSR count). The van der Waals surface area contributed by atoms with Crippen LogP contribution in [0.3, 0.4) is 0 Å². The number of hydrogen-bond acceptors (Lipinski definition) is 4. The highest BCUT2D eigenvalue weighted by Gasteiger charge is 2.30. The molecule has 0 unspecified atom stereocenters. The number of halogens is 2. The number of nitrogens with zero attached hydrogens (tertiary/aromatic N) is 1. The van der Waals surface area contributed by atoms with Crippen LogP contribution in [0.2, 0.25) is 0 Å². The van der Waals surface area contributed by atoms with Crippen LogP contribution in [-0.2, 0) is 10.0 Å². The number of thiophene rings is 1. The fourth-order valence-corrected chi connectivity index (χ4v) is 6.01. The Balaban J connectivity index is 0.00000180. The predicted octanol–water partition coefficient (Wildman–Crippen LogP) is 2.61. The number of aryl methyl sites for hydroxylation is 1. The zero-order valence-electron chi connectivity index (χ0n) is 10.8. The first-order valence-electron chi connectivity index (χ1n) is 5.87. The molecule has 110 valence electrons. The van der Waals surface area contributed by atoms with E-state index in [0.717, 1.165) is 34.6 Å². The molecule has 0 bridgehead atoms. The van der Waals surface area contributed by atoms with Gasteiger partial charge in [-0.3, -0.25) is 0 Å². The molecular formula is C11H18BrClN2O2S2. The van der Waals surface area contributed by atoms with E-state index in [0.29, 0.717) is 4.90 Å². The first kappa shape index (κ1) is 17.4. The van der Waals surface area contributed by atoms with Crippen LogP contribution in [0, 0.1) is 6.92 Å². The number of nitrogens with one attached hydrogen (secondary N) is 1. The maximum atomic E-state index is 12.6. The van der Waals surface area contributed by atoms with Crippen LogP contribution in [0.5, 0.6) is 0 Å². The van der Waals surface area contributed by atoms with Crippen molar-refractivity contribution < 1.29 is 8.42 Å². The van der Waals surface area contributed by atoms with Gasteiger partial charge in [0.05, 0.1) is 8.68 Å². The van der Waals surface area contributed by atoms with E-state index in [1.54, 1.807) is 13.1 Å².